The summed E-state index contributed by atoms with van der Waals surface area (Å²) in [6, 6.07) is 8.69. The van der Waals surface area contributed by atoms with Crippen LogP contribution in [0.5, 0.6) is 17.2 Å². The molecule has 0 saturated heterocycles. The summed E-state index contributed by atoms with van der Waals surface area (Å²) >= 11 is 0. The largest absolute Gasteiger partial charge is 0.493 e. The molecule has 0 atom stereocenters. The van der Waals surface area contributed by atoms with Crippen LogP contribution in [0, 0.1) is 0 Å². The molecular weight excluding hydrogens is 470 g/mol. The lowest BCUT2D eigenvalue weighted by Crippen LogP contribution is -2.30. The number of ether oxygens (including phenoxy) is 3. The standard InChI is InChI=1S/C23H28F2N2O6S/c1-5-27(6-2)34(29,30)17-12-13-19(32-7-3)18(15-17)26-21(28)14-11-16-9-8-10-20(31-4)22(16)33-23(24)25/h8-15,23H,5-7H2,1-4H3,(H,26,28)/b14-11+. The number of carbonyl (C=O) groups excluding carboxylic acids is 1. The number of carbonyl (C=O) groups is 1. The molecule has 0 heterocycles. The number of para-hydroxylation sites is 1. The number of rotatable bonds is 12. The summed E-state index contributed by atoms with van der Waals surface area (Å²) in [5, 5.41) is 2.59. The van der Waals surface area contributed by atoms with E-state index in [2.05, 4.69) is 10.1 Å². The van der Waals surface area contributed by atoms with Crippen molar-refractivity contribution in [1.82, 2.24) is 4.31 Å². The SMILES string of the molecule is CCOc1ccc(S(=O)(=O)N(CC)CC)cc1NC(=O)/C=C/c1cccc(OC)c1OC(F)F. The van der Waals surface area contributed by atoms with Crippen LogP contribution >= 0.6 is 0 Å². The summed E-state index contributed by atoms with van der Waals surface area (Å²) in [4.78, 5) is 12.6. The van der Waals surface area contributed by atoms with Crippen molar-refractivity contribution in [2.24, 2.45) is 0 Å². The summed E-state index contributed by atoms with van der Waals surface area (Å²) in [7, 11) is -2.46. The van der Waals surface area contributed by atoms with Gasteiger partial charge in [0.2, 0.25) is 15.9 Å². The van der Waals surface area contributed by atoms with Gasteiger partial charge in [-0.25, -0.2) is 8.42 Å². The Hall–Kier alpha value is -3.18. The Morgan fingerprint density at radius 3 is 2.41 bits per heavy atom. The zero-order valence-electron chi connectivity index (χ0n) is 19.4. The lowest BCUT2D eigenvalue weighted by Gasteiger charge is -2.19. The highest BCUT2D eigenvalue weighted by Gasteiger charge is 2.23. The van der Waals surface area contributed by atoms with Crippen LogP contribution in [0.25, 0.3) is 6.08 Å². The number of nitrogens with one attached hydrogen (secondary N) is 1. The van der Waals surface area contributed by atoms with Gasteiger partial charge in [0, 0.05) is 24.7 Å². The van der Waals surface area contributed by atoms with Crippen LogP contribution in [0.2, 0.25) is 0 Å². The van der Waals surface area contributed by atoms with E-state index in [1.54, 1.807) is 26.8 Å². The average molecular weight is 499 g/mol. The number of alkyl halides is 2. The number of hydrogen-bond acceptors (Lipinski definition) is 6. The molecule has 11 heteroatoms. The Morgan fingerprint density at radius 1 is 1.12 bits per heavy atom. The van der Waals surface area contributed by atoms with Gasteiger partial charge >= 0.3 is 6.61 Å². The Kier molecular flexibility index (Phi) is 9.82. The molecule has 2 aromatic rings. The smallest absolute Gasteiger partial charge is 0.387 e. The van der Waals surface area contributed by atoms with E-state index < -0.39 is 22.5 Å². The monoisotopic (exact) mass is 498 g/mol. The minimum atomic E-state index is -3.76. The second kappa shape index (κ2) is 12.3. The number of nitrogens with zero attached hydrogens (tertiary/aromatic N) is 1. The molecule has 186 valence electrons. The molecule has 0 aliphatic rings. The number of sulfonamides is 1. The van der Waals surface area contributed by atoms with Gasteiger partial charge in [0.1, 0.15) is 5.75 Å². The first kappa shape index (κ1) is 27.1. The molecule has 8 nitrogen and oxygen atoms in total. The molecule has 2 rings (SSSR count). The minimum absolute atomic E-state index is 0.000604. The number of benzene rings is 2. The number of halogens is 2. The second-order valence-corrected chi connectivity index (χ2v) is 8.70. The molecule has 0 aliphatic carbocycles. The van der Waals surface area contributed by atoms with Gasteiger partial charge in [0.05, 0.1) is 24.3 Å². The Morgan fingerprint density at radius 2 is 1.82 bits per heavy atom. The number of amides is 1. The van der Waals surface area contributed by atoms with Crippen molar-refractivity contribution in [1.29, 1.82) is 0 Å². The quantitative estimate of drug-likeness (QED) is 0.437. The zero-order chi connectivity index (χ0) is 25.3. The first-order valence-corrected chi connectivity index (χ1v) is 12.0. The van der Waals surface area contributed by atoms with Gasteiger partial charge < -0.3 is 19.5 Å². The maximum Gasteiger partial charge on any atom is 0.387 e. The van der Waals surface area contributed by atoms with E-state index in [4.69, 9.17) is 9.47 Å². The van der Waals surface area contributed by atoms with Crippen LogP contribution in [0.15, 0.2) is 47.4 Å². The zero-order valence-corrected chi connectivity index (χ0v) is 20.2. The number of anilines is 1. The van der Waals surface area contributed by atoms with Crippen LogP contribution in [-0.4, -0.2) is 52.0 Å². The molecule has 0 saturated carbocycles. The Balaban J connectivity index is 2.36. The van der Waals surface area contributed by atoms with Crippen molar-refractivity contribution in [3.8, 4) is 17.2 Å². The van der Waals surface area contributed by atoms with Gasteiger partial charge in [0.15, 0.2) is 11.5 Å². The summed E-state index contributed by atoms with van der Waals surface area (Å²) in [6.07, 6.45) is 2.39. The van der Waals surface area contributed by atoms with Crippen LogP contribution < -0.4 is 19.5 Å². The molecule has 0 aliphatic heterocycles. The Labute approximate surface area is 198 Å². The fraction of sp³-hybridized carbons (Fsp3) is 0.348. The van der Waals surface area contributed by atoms with E-state index in [0.717, 1.165) is 6.08 Å². The van der Waals surface area contributed by atoms with E-state index in [9.17, 15) is 22.0 Å². The fourth-order valence-corrected chi connectivity index (χ4v) is 4.63. The molecule has 34 heavy (non-hydrogen) atoms. The molecule has 0 aromatic heterocycles. The highest BCUT2D eigenvalue weighted by molar-refractivity contribution is 7.89. The van der Waals surface area contributed by atoms with Gasteiger partial charge in [0.25, 0.3) is 0 Å². The van der Waals surface area contributed by atoms with E-state index in [0.29, 0.717) is 19.7 Å². The maximum absolute atomic E-state index is 12.9. The third-order valence-electron chi connectivity index (χ3n) is 4.70. The first-order valence-electron chi connectivity index (χ1n) is 10.6. The van der Waals surface area contributed by atoms with Gasteiger partial charge in [-0.15, -0.1) is 0 Å². The van der Waals surface area contributed by atoms with E-state index in [1.165, 1.54) is 47.8 Å². The molecule has 0 fully saturated rings. The van der Waals surface area contributed by atoms with E-state index in [1.807, 2.05) is 0 Å². The summed E-state index contributed by atoms with van der Waals surface area (Å²) in [6.45, 7) is 3.00. The van der Waals surface area contributed by atoms with Crippen LogP contribution in [0.3, 0.4) is 0 Å². The third kappa shape index (κ3) is 6.67. The van der Waals surface area contributed by atoms with Crippen LogP contribution in [-0.2, 0) is 14.8 Å². The van der Waals surface area contributed by atoms with Gasteiger partial charge in [-0.05, 0) is 37.3 Å². The lowest BCUT2D eigenvalue weighted by atomic mass is 10.1. The molecule has 1 amide bonds. The molecule has 0 radical (unpaired) electrons. The molecule has 0 unspecified atom stereocenters. The number of hydrogen-bond donors (Lipinski definition) is 1. The summed E-state index contributed by atoms with van der Waals surface area (Å²) in [5.41, 5.74) is 0.345. The topological polar surface area (TPSA) is 94.2 Å². The number of methoxy groups -OCH3 is 1. The van der Waals surface area contributed by atoms with Crippen molar-refractivity contribution >= 4 is 27.7 Å². The fourth-order valence-electron chi connectivity index (χ4n) is 3.14. The second-order valence-electron chi connectivity index (χ2n) is 6.76. The molecule has 0 bridgehead atoms. The lowest BCUT2D eigenvalue weighted by molar-refractivity contribution is -0.111. The normalized spacial score (nSPS) is 11.8. The van der Waals surface area contributed by atoms with Crippen molar-refractivity contribution in [3.05, 3.63) is 48.0 Å². The van der Waals surface area contributed by atoms with Gasteiger partial charge in [-0.3, -0.25) is 4.79 Å². The summed E-state index contributed by atoms with van der Waals surface area (Å²) < 4.78 is 67.7. The van der Waals surface area contributed by atoms with Gasteiger partial charge in [-0.2, -0.15) is 13.1 Å². The van der Waals surface area contributed by atoms with Gasteiger partial charge in [-0.1, -0.05) is 26.0 Å². The third-order valence-corrected chi connectivity index (χ3v) is 6.75. The maximum atomic E-state index is 12.9. The van der Waals surface area contributed by atoms with Crippen molar-refractivity contribution in [3.63, 3.8) is 0 Å². The van der Waals surface area contributed by atoms with E-state index >= 15 is 0 Å². The Bertz CT molecular complexity index is 1120. The highest BCUT2D eigenvalue weighted by atomic mass is 32.2. The molecule has 0 spiro atoms. The van der Waals surface area contributed by atoms with Crippen LogP contribution in [0.4, 0.5) is 14.5 Å². The predicted molar refractivity (Wildman–Crippen MR) is 125 cm³/mol. The van der Waals surface area contributed by atoms with E-state index in [-0.39, 0.29) is 33.4 Å². The van der Waals surface area contributed by atoms with Crippen molar-refractivity contribution in [2.75, 3.05) is 32.1 Å². The molecular formula is C23H28F2N2O6S. The van der Waals surface area contributed by atoms with Crippen LogP contribution in [0.1, 0.15) is 26.3 Å². The highest BCUT2D eigenvalue weighted by Crippen LogP contribution is 2.33. The van der Waals surface area contributed by atoms with Crippen molar-refractivity contribution in [2.45, 2.75) is 32.3 Å². The predicted octanol–water partition coefficient (Wildman–Crippen LogP) is 4.38. The average Bonchev–Trinajstić information content (AvgIpc) is 2.79. The molecule has 1 N–H and O–H groups in total. The van der Waals surface area contributed by atoms with Crippen molar-refractivity contribution < 1.29 is 36.2 Å². The minimum Gasteiger partial charge on any atom is -0.493 e. The molecule has 2 aromatic carbocycles. The first-order chi connectivity index (χ1) is 16.2. The summed E-state index contributed by atoms with van der Waals surface area (Å²) in [5.74, 6) is -0.489.